The van der Waals surface area contributed by atoms with Gasteiger partial charge < -0.3 is 10.3 Å². The number of hydrogen-bond acceptors (Lipinski definition) is 2. The molecule has 1 heterocycles. The van der Waals surface area contributed by atoms with Crippen LogP contribution in [0.2, 0.25) is 0 Å². The van der Waals surface area contributed by atoms with Gasteiger partial charge in [0.05, 0.1) is 6.33 Å². The van der Waals surface area contributed by atoms with E-state index in [0.29, 0.717) is 6.04 Å². The maximum absolute atomic E-state index is 4.02. The topological polar surface area (TPSA) is 40.7 Å². The fourth-order valence-corrected chi connectivity index (χ4v) is 2.49. The summed E-state index contributed by atoms with van der Waals surface area (Å²) in [6, 6.07) is 0.678. The lowest BCUT2D eigenvalue weighted by Crippen LogP contribution is -2.40. The summed E-state index contributed by atoms with van der Waals surface area (Å²) in [7, 11) is 0. The molecule has 0 aromatic carbocycles. The van der Waals surface area contributed by atoms with Crippen molar-refractivity contribution in [3.05, 3.63) is 18.2 Å². The number of aromatic nitrogens is 2. The Balaban J connectivity index is 1.83. The van der Waals surface area contributed by atoms with E-state index in [2.05, 4.69) is 29.1 Å². The highest BCUT2D eigenvalue weighted by Gasteiger charge is 2.26. The third-order valence-corrected chi connectivity index (χ3v) is 3.82. The van der Waals surface area contributed by atoms with E-state index in [0.717, 1.165) is 18.4 Å². The van der Waals surface area contributed by atoms with Crippen molar-refractivity contribution in [2.45, 2.75) is 45.7 Å². The fraction of sp³-hybridized carbons (Fsp3) is 0.750. The first-order valence-electron chi connectivity index (χ1n) is 5.98. The molecule has 2 N–H and O–H groups in total. The van der Waals surface area contributed by atoms with Crippen LogP contribution in [0.4, 0.5) is 0 Å². The van der Waals surface area contributed by atoms with Crippen molar-refractivity contribution >= 4 is 0 Å². The van der Waals surface area contributed by atoms with Crippen LogP contribution in [0, 0.1) is 11.8 Å². The number of imidazole rings is 1. The molecule has 0 bridgehead atoms. The molecule has 1 aromatic heterocycles. The Morgan fingerprint density at radius 2 is 2.33 bits per heavy atom. The highest BCUT2D eigenvalue weighted by molar-refractivity contribution is 4.94. The Labute approximate surface area is 91.7 Å². The lowest BCUT2D eigenvalue weighted by Gasteiger charge is -2.34. The number of nitrogens with zero attached hydrogens (tertiary/aromatic N) is 1. The van der Waals surface area contributed by atoms with Crippen LogP contribution < -0.4 is 5.32 Å². The predicted molar refractivity (Wildman–Crippen MR) is 61.4 cm³/mol. The quantitative estimate of drug-likeness (QED) is 0.798. The van der Waals surface area contributed by atoms with Crippen molar-refractivity contribution in [1.29, 1.82) is 0 Å². The van der Waals surface area contributed by atoms with E-state index in [1.54, 1.807) is 6.33 Å². The van der Waals surface area contributed by atoms with Gasteiger partial charge in [-0.3, -0.25) is 0 Å². The Morgan fingerprint density at radius 3 is 3.07 bits per heavy atom. The van der Waals surface area contributed by atoms with E-state index >= 15 is 0 Å². The fourth-order valence-electron chi connectivity index (χ4n) is 2.49. The lowest BCUT2D eigenvalue weighted by atomic mass is 9.78. The zero-order chi connectivity index (χ0) is 10.7. The number of aromatic amines is 1. The Kier molecular flexibility index (Phi) is 3.41. The van der Waals surface area contributed by atoms with Crippen LogP contribution >= 0.6 is 0 Å². The van der Waals surface area contributed by atoms with Crippen LogP contribution in [0.15, 0.2) is 12.5 Å². The third-order valence-electron chi connectivity index (χ3n) is 3.82. The molecule has 1 fully saturated rings. The largest absolute Gasteiger partial charge is 0.347 e. The molecule has 0 spiro atoms. The van der Waals surface area contributed by atoms with E-state index < -0.39 is 0 Å². The van der Waals surface area contributed by atoms with Crippen molar-refractivity contribution in [2.24, 2.45) is 11.8 Å². The van der Waals surface area contributed by atoms with Gasteiger partial charge in [-0.05, 0) is 18.3 Å². The maximum Gasteiger partial charge on any atom is 0.0922 e. The van der Waals surface area contributed by atoms with Gasteiger partial charge in [-0.1, -0.05) is 26.7 Å². The van der Waals surface area contributed by atoms with Crippen LogP contribution in [0.5, 0.6) is 0 Å². The summed E-state index contributed by atoms with van der Waals surface area (Å²) >= 11 is 0. The Hall–Kier alpha value is -0.830. The van der Waals surface area contributed by atoms with E-state index in [1.807, 2.05) is 6.20 Å². The van der Waals surface area contributed by atoms with E-state index in [1.165, 1.54) is 25.0 Å². The first-order valence-corrected chi connectivity index (χ1v) is 5.98. The lowest BCUT2D eigenvalue weighted by molar-refractivity contribution is 0.205. The summed E-state index contributed by atoms with van der Waals surface area (Å²) in [5.74, 6) is 1.65. The van der Waals surface area contributed by atoms with Gasteiger partial charge in [-0.25, -0.2) is 4.98 Å². The van der Waals surface area contributed by atoms with Crippen molar-refractivity contribution in [2.75, 3.05) is 0 Å². The monoisotopic (exact) mass is 207 g/mol. The summed E-state index contributed by atoms with van der Waals surface area (Å²) in [5.41, 5.74) is 1.18. The van der Waals surface area contributed by atoms with Gasteiger partial charge in [0.1, 0.15) is 0 Å². The second kappa shape index (κ2) is 4.79. The van der Waals surface area contributed by atoms with Crippen LogP contribution in [-0.4, -0.2) is 16.0 Å². The van der Waals surface area contributed by atoms with Gasteiger partial charge >= 0.3 is 0 Å². The molecular weight excluding hydrogens is 186 g/mol. The predicted octanol–water partition coefficient (Wildman–Crippen LogP) is 2.32. The van der Waals surface area contributed by atoms with Crippen molar-refractivity contribution < 1.29 is 0 Å². The van der Waals surface area contributed by atoms with Gasteiger partial charge in [-0.15, -0.1) is 0 Å². The summed E-state index contributed by atoms with van der Waals surface area (Å²) in [5, 5.41) is 3.63. The van der Waals surface area contributed by atoms with Crippen molar-refractivity contribution in [3.8, 4) is 0 Å². The molecule has 0 amide bonds. The molecule has 0 saturated heterocycles. The average molecular weight is 207 g/mol. The molecule has 1 aromatic rings. The summed E-state index contributed by atoms with van der Waals surface area (Å²) in [4.78, 5) is 7.15. The Morgan fingerprint density at radius 1 is 1.47 bits per heavy atom. The second-order valence-electron chi connectivity index (χ2n) is 4.83. The van der Waals surface area contributed by atoms with Crippen LogP contribution in [0.25, 0.3) is 0 Å². The Bertz CT molecular complexity index is 281. The van der Waals surface area contributed by atoms with Gasteiger partial charge in [0, 0.05) is 24.5 Å². The third kappa shape index (κ3) is 2.59. The van der Waals surface area contributed by atoms with Gasteiger partial charge in [0.25, 0.3) is 0 Å². The minimum atomic E-state index is 0.678. The number of hydrogen-bond donors (Lipinski definition) is 2. The van der Waals surface area contributed by atoms with Crippen molar-refractivity contribution in [1.82, 2.24) is 15.3 Å². The first-order chi connectivity index (χ1) is 7.27. The zero-order valence-corrected chi connectivity index (χ0v) is 9.66. The number of rotatable bonds is 3. The van der Waals surface area contributed by atoms with E-state index in [-0.39, 0.29) is 0 Å². The molecule has 0 aliphatic heterocycles. The van der Waals surface area contributed by atoms with Gasteiger partial charge in [0.2, 0.25) is 0 Å². The standard InChI is InChI=1S/C12H21N3/c1-9-4-3-5-12(10(9)2)14-7-11-6-13-8-15-11/h6,8-10,12,14H,3-5,7H2,1-2H3,(H,13,15). The van der Waals surface area contributed by atoms with E-state index in [4.69, 9.17) is 0 Å². The molecule has 1 saturated carbocycles. The maximum atomic E-state index is 4.02. The smallest absolute Gasteiger partial charge is 0.0922 e. The van der Waals surface area contributed by atoms with Crippen LogP contribution in [-0.2, 0) is 6.54 Å². The van der Waals surface area contributed by atoms with Crippen LogP contribution in [0.3, 0.4) is 0 Å². The van der Waals surface area contributed by atoms with Gasteiger partial charge in [0.15, 0.2) is 0 Å². The number of H-pyrrole nitrogens is 1. The molecule has 0 radical (unpaired) electrons. The molecule has 3 nitrogen and oxygen atoms in total. The molecule has 15 heavy (non-hydrogen) atoms. The normalized spacial score (nSPS) is 31.7. The molecule has 3 heteroatoms. The zero-order valence-electron chi connectivity index (χ0n) is 9.66. The van der Waals surface area contributed by atoms with Crippen molar-refractivity contribution in [3.63, 3.8) is 0 Å². The SMILES string of the molecule is CC1CCCC(NCc2cnc[nH]2)C1C. The molecule has 2 rings (SSSR count). The molecular formula is C12H21N3. The minimum absolute atomic E-state index is 0.678. The first kappa shape index (κ1) is 10.7. The highest BCUT2D eigenvalue weighted by atomic mass is 15.0. The van der Waals surface area contributed by atoms with E-state index in [9.17, 15) is 0 Å². The molecule has 84 valence electrons. The summed E-state index contributed by atoms with van der Waals surface area (Å²) in [6.07, 6.45) is 7.71. The van der Waals surface area contributed by atoms with Crippen LogP contribution in [0.1, 0.15) is 38.8 Å². The molecule has 1 aliphatic rings. The summed E-state index contributed by atoms with van der Waals surface area (Å²) < 4.78 is 0. The molecule has 1 aliphatic carbocycles. The number of nitrogens with one attached hydrogen (secondary N) is 2. The minimum Gasteiger partial charge on any atom is -0.347 e. The average Bonchev–Trinajstić information content (AvgIpc) is 2.73. The summed E-state index contributed by atoms with van der Waals surface area (Å²) in [6.45, 7) is 5.66. The molecule has 3 atom stereocenters. The second-order valence-corrected chi connectivity index (χ2v) is 4.83. The van der Waals surface area contributed by atoms with Gasteiger partial charge in [-0.2, -0.15) is 0 Å². The highest BCUT2D eigenvalue weighted by Crippen LogP contribution is 2.29. The molecule has 3 unspecified atom stereocenters.